The maximum absolute atomic E-state index is 12.8. The molecule has 0 aliphatic heterocycles. The third kappa shape index (κ3) is 4.53. The summed E-state index contributed by atoms with van der Waals surface area (Å²) < 4.78 is 27.8. The first-order valence-electron chi connectivity index (χ1n) is 9.96. The van der Waals surface area contributed by atoms with Crippen LogP contribution < -0.4 is 10.0 Å². The van der Waals surface area contributed by atoms with Crippen molar-refractivity contribution in [3.8, 4) is 5.69 Å². The summed E-state index contributed by atoms with van der Waals surface area (Å²) in [6.07, 6.45) is 3.11. The zero-order valence-corrected chi connectivity index (χ0v) is 19.1. The summed E-state index contributed by atoms with van der Waals surface area (Å²) in [7, 11) is -1.73. The van der Waals surface area contributed by atoms with E-state index in [1.54, 1.807) is 41.8 Å². The minimum atomic E-state index is -3.52. The molecule has 4 rings (SSSR count). The third-order valence-corrected chi connectivity index (χ3v) is 6.41. The van der Waals surface area contributed by atoms with Gasteiger partial charge in [0.05, 0.1) is 35.2 Å². The van der Waals surface area contributed by atoms with Crippen molar-refractivity contribution in [1.82, 2.24) is 29.8 Å². The van der Waals surface area contributed by atoms with Gasteiger partial charge in [0, 0.05) is 19.7 Å². The molecule has 4 aromatic rings. The van der Waals surface area contributed by atoms with Crippen LogP contribution in [0.3, 0.4) is 0 Å². The lowest BCUT2D eigenvalue weighted by Crippen LogP contribution is -2.21. The molecule has 0 saturated heterocycles. The molecule has 3 aromatic heterocycles. The summed E-state index contributed by atoms with van der Waals surface area (Å²) in [5.41, 5.74) is 4.78. The number of hydrogen-bond donors (Lipinski definition) is 3. The van der Waals surface area contributed by atoms with Crippen molar-refractivity contribution in [2.75, 3.05) is 10.0 Å². The number of aryl methyl sites for hydroxylation is 3. The topological polar surface area (TPSA) is 123 Å². The number of rotatable bonds is 7. The van der Waals surface area contributed by atoms with Gasteiger partial charge in [0.25, 0.3) is 0 Å². The van der Waals surface area contributed by atoms with E-state index >= 15 is 0 Å². The summed E-state index contributed by atoms with van der Waals surface area (Å²) in [4.78, 5) is 6.06. The van der Waals surface area contributed by atoms with E-state index in [9.17, 15) is 8.76 Å². The van der Waals surface area contributed by atoms with E-state index in [1.807, 2.05) is 38.1 Å². The first-order valence-corrected chi connectivity index (χ1v) is 11.5. The molecule has 0 spiro atoms. The van der Waals surface area contributed by atoms with Crippen molar-refractivity contribution in [1.29, 1.82) is 0 Å². The van der Waals surface area contributed by atoms with E-state index in [4.69, 9.17) is 0 Å². The van der Waals surface area contributed by atoms with Crippen LogP contribution in [0.15, 0.2) is 53.7 Å². The van der Waals surface area contributed by atoms with Gasteiger partial charge in [-0.3, -0.25) is 4.68 Å². The maximum Gasteiger partial charge on any atom is 0.347 e. The van der Waals surface area contributed by atoms with Gasteiger partial charge in [-0.2, -0.15) is 29.4 Å². The Morgan fingerprint density at radius 3 is 2.34 bits per heavy atom. The Morgan fingerprint density at radius 1 is 1.03 bits per heavy atom. The van der Waals surface area contributed by atoms with E-state index in [1.165, 1.54) is 6.20 Å². The highest BCUT2D eigenvalue weighted by Gasteiger charge is 2.32. The second-order valence-electron chi connectivity index (χ2n) is 7.47. The van der Waals surface area contributed by atoms with Gasteiger partial charge < -0.3 is 5.32 Å². The average molecular weight is 454 g/mol. The number of anilines is 2. The Hall–Kier alpha value is -3.57. The van der Waals surface area contributed by atoms with Gasteiger partial charge in [0.1, 0.15) is 11.5 Å². The molecule has 32 heavy (non-hydrogen) atoms. The van der Waals surface area contributed by atoms with Crippen LogP contribution in [-0.2, 0) is 28.2 Å². The molecule has 0 aliphatic carbocycles. The van der Waals surface area contributed by atoms with E-state index in [2.05, 4.69) is 30.3 Å². The van der Waals surface area contributed by atoms with Crippen molar-refractivity contribution >= 4 is 21.9 Å². The van der Waals surface area contributed by atoms with Crippen LogP contribution in [0.1, 0.15) is 22.6 Å². The Kier molecular flexibility index (Phi) is 5.76. The smallest absolute Gasteiger partial charge is 0.347 e. The molecule has 0 amide bonds. The molecule has 1 atom stereocenters. The van der Waals surface area contributed by atoms with Crippen LogP contribution >= 0.6 is 0 Å². The third-order valence-electron chi connectivity index (χ3n) is 5.05. The van der Waals surface area contributed by atoms with Crippen LogP contribution in [0.4, 0.5) is 11.5 Å². The highest BCUT2D eigenvalue weighted by Crippen LogP contribution is 2.25. The monoisotopic (exact) mass is 453 g/mol. The lowest BCUT2D eigenvalue weighted by atomic mass is 10.2. The van der Waals surface area contributed by atoms with Crippen molar-refractivity contribution < 1.29 is 8.76 Å². The number of benzene rings is 1. The SMILES string of the molecule is Cc1cnn(-c2ccc(CNc3ccc([S+](=O)(O)Nc4c(C)nn(C)c4C)cn3)cc2)n1. The quantitative estimate of drug-likeness (QED) is 0.367. The molecule has 0 bridgehead atoms. The Balaban J connectivity index is 1.39. The molecule has 0 radical (unpaired) electrons. The Labute approximate surface area is 187 Å². The van der Waals surface area contributed by atoms with E-state index in [-0.39, 0.29) is 4.90 Å². The standard InChI is InChI=1S/C21H24N8O2S/c1-14-11-24-29(25-14)18-7-5-17(6-8-18)12-22-20-10-9-19(13-23-20)32(30,31)27-21-15(2)26-28(4)16(21)3/h5-11,13H,12H2,1-4H3,(H2-,22,23,27,30,31)/p+1. The van der Waals surface area contributed by atoms with Crippen molar-refractivity contribution in [2.24, 2.45) is 7.05 Å². The molecule has 166 valence electrons. The fourth-order valence-corrected chi connectivity index (χ4v) is 4.31. The largest absolute Gasteiger partial charge is 0.366 e. The number of nitrogens with zero attached hydrogens (tertiary/aromatic N) is 6. The van der Waals surface area contributed by atoms with Gasteiger partial charge in [0.2, 0.25) is 4.90 Å². The molecule has 11 heteroatoms. The summed E-state index contributed by atoms with van der Waals surface area (Å²) in [6.45, 7) is 6.07. The summed E-state index contributed by atoms with van der Waals surface area (Å²) in [6, 6.07) is 11.1. The van der Waals surface area contributed by atoms with E-state index in [0.29, 0.717) is 23.7 Å². The lowest BCUT2D eigenvalue weighted by molar-refractivity contribution is 0.502. The fraction of sp³-hybridized carbons (Fsp3) is 0.238. The number of nitrogens with one attached hydrogen (secondary N) is 2. The van der Waals surface area contributed by atoms with E-state index in [0.717, 1.165) is 22.6 Å². The molecule has 0 aliphatic rings. The van der Waals surface area contributed by atoms with Gasteiger partial charge in [-0.25, -0.2) is 4.98 Å². The van der Waals surface area contributed by atoms with Crippen LogP contribution in [0.5, 0.6) is 0 Å². The minimum absolute atomic E-state index is 0.192. The molecule has 0 saturated carbocycles. The molecule has 10 nitrogen and oxygen atoms in total. The van der Waals surface area contributed by atoms with Gasteiger partial charge in [-0.05, 0) is 48.7 Å². The molecule has 0 fully saturated rings. The van der Waals surface area contributed by atoms with Gasteiger partial charge in [-0.1, -0.05) is 12.1 Å². The molecular formula is C21H25N8O2S+. The number of hydrogen-bond acceptors (Lipinski definition) is 6. The summed E-state index contributed by atoms with van der Waals surface area (Å²) >= 11 is 0. The van der Waals surface area contributed by atoms with Crippen molar-refractivity contribution in [3.63, 3.8) is 0 Å². The lowest BCUT2D eigenvalue weighted by Gasteiger charge is -2.09. The second-order valence-corrected chi connectivity index (χ2v) is 9.20. The predicted molar refractivity (Wildman–Crippen MR) is 123 cm³/mol. The maximum atomic E-state index is 12.8. The number of aromatic nitrogens is 6. The Bertz CT molecular complexity index is 1280. The van der Waals surface area contributed by atoms with Crippen LogP contribution in [0, 0.1) is 20.8 Å². The first-order chi connectivity index (χ1) is 15.2. The zero-order valence-electron chi connectivity index (χ0n) is 18.3. The van der Waals surface area contributed by atoms with Crippen LogP contribution in [0.25, 0.3) is 5.69 Å². The molecule has 1 aromatic carbocycles. The zero-order chi connectivity index (χ0) is 22.9. The normalized spacial score (nSPS) is 13.0. The van der Waals surface area contributed by atoms with Gasteiger partial charge in [0.15, 0.2) is 0 Å². The molecule has 3 heterocycles. The molecule has 3 N–H and O–H groups in total. The van der Waals surface area contributed by atoms with E-state index < -0.39 is 10.4 Å². The highest BCUT2D eigenvalue weighted by molar-refractivity contribution is 7.99. The molecule has 1 unspecified atom stereocenters. The van der Waals surface area contributed by atoms with Gasteiger partial charge in [-0.15, -0.1) is 0 Å². The molecular weight excluding hydrogens is 428 g/mol. The summed E-state index contributed by atoms with van der Waals surface area (Å²) in [5, 5.41) is 16.0. The van der Waals surface area contributed by atoms with Gasteiger partial charge >= 0.3 is 10.4 Å². The first kappa shape index (κ1) is 21.7. The van der Waals surface area contributed by atoms with Crippen molar-refractivity contribution in [2.45, 2.75) is 32.2 Å². The highest BCUT2D eigenvalue weighted by atomic mass is 32.3. The summed E-state index contributed by atoms with van der Waals surface area (Å²) in [5.74, 6) is 0.603. The van der Waals surface area contributed by atoms with Crippen LogP contribution in [-0.4, -0.2) is 34.3 Å². The van der Waals surface area contributed by atoms with Crippen molar-refractivity contribution in [3.05, 3.63) is 71.4 Å². The fourth-order valence-electron chi connectivity index (χ4n) is 3.17. The predicted octanol–water partition coefficient (Wildman–Crippen LogP) is 3.29. The minimum Gasteiger partial charge on any atom is -0.366 e. The average Bonchev–Trinajstić information content (AvgIpc) is 3.31. The Morgan fingerprint density at radius 2 is 1.78 bits per heavy atom. The number of pyridine rings is 1. The van der Waals surface area contributed by atoms with Crippen LogP contribution in [0.2, 0.25) is 0 Å². The second kappa shape index (κ2) is 8.52.